The van der Waals surface area contributed by atoms with Crippen molar-refractivity contribution in [2.24, 2.45) is 0 Å². The number of benzene rings is 1. The molecule has 1 aliphatic rings. The predicted octanol–water partition coefficient (Wildman–Crippen LogP) is 2.68. The van der Waals surface area contributed by atoms with E-state index in [4.69, 9.17) is 14.2 Å². The molecule has 1 heterocycles. The third-order valence-corrected chi connectivity index (χ3v) is 3.95. The highest BCUT2D eigenvalue weighted by Gasteiger charge is 2.32. The van der Waals surface area contributed by atoms with E-state index in [2.05, 4.69) is 17.6 Å². The molecule has 0 unspecified atom stereocenters. The number of rotatable bonds is 7. The molecule has 0 bridgehead atoms. The number of ether oxygens (including phenoxy) is 3. The molecule has 2 amide bonds. The Balaban J connectivity index is 2.36. The van der Waals surface area contributed by atoms with Gasteiger partial charge in [0.05, 0.1) is 32.4 Å². The molecule has 0 saturated heterocycles. The van der Waals surface area contributed by atoms with E-state index in [1.807, 2.05) is 0 Å². The maximum atomic E-state index is 12.1. The van der Waals surface area contributed by atoms with Crippen LogP contribution in [-0.2, 0) is 9.53 Å². The summed E-state index contributed by atoms with van der Waals surface area (Å²) >= 11 is 0. The second-order valence-corrected chi connectivity index (χ2v) is 5.67. The van der Waals surface area contributed by atoms with Crippen molar-refractivity contribution in [1.29, 1.82) is 0 Å². The van der Waals surface area contributed by atoms with Crippen LogP contribution in [0.25, 0.3) is 0 Å². The third kappa shape index (κ3) is 4.23. The Labute approximate surface area is 147 Å². The first-order valence-corrected chi connectivity index (χ1v) is 8.19. The highest BCUT2D eigenvalue weighted by atomic mass is 16.5. The van der Waals surface area contributed by atoms with Gasteiger partial charge in [-0.25, -0.2) is 9.59 Å². The topological polar surface area (TPSA) is 85.9 Å². The second-order valence-electron chi connectivity index (χ2n) is 5.67. The number of hydrogen-bond donors (Lipinski definition) is 2. The number of amides is 2. The van der Waals surface area contributed by atoms with Crippen LogP contribution in [0, 0.1) is 0 Å². The van der Waals surface area contributed by atoms with Gasteiger partial charge in [-0.15, -0.1) is 0 Å². The maximum Gasteiger partial charge on any atom is 0.337 e. The van der Waals surface area contributed by atoms with E-state index in [0.29, 0.717) is 34.9 Å². The maximum absolute atomic E-state index is 12.1. The van der Waals surface area contributed by atoms with Gasteiger partial charge in [-0.3, -0.25) is 0 Å². The Kier molecular flexibility index (Phi) is 6.27. The molecule has 1 atom stereocenters. The number of allylic oxidation sites excluding steroid dienone is 1. The van der Waals surface area contributed by atoms with Crippen LogP contribution in [0.4, 0.5) is 4.79 Å². The Morgan fingerprint density at radius 1 is 1.24 bits per heavy atom. The first-order valence-electron chi connectivity index (χ1n) is 8.19. The molecule has 0 aliphatic carbocycles. The number of carbonyl (C=O) groups is 2. The monoisotopic (exact) mass is 348 g/mol. The van der Waals surface area contributed by atoms with Gasteiger partial charge in [-0.2, -0.15) is 0 Å². The summed E-state index contributed by atoms with van der Waals surface area (Å²) < 4.78 is 16.0. The molecule has 0 saturated carbocycles. The van der Waals surface area contributed by atoms with E-state index in [0.717, 1.165) is 12.8 Å². The second kappa shape index (κ2) is 8.41. The fraction of sp³-hybridized carbons (Fsp3) is 0.444. The molecule has 1 aromatic rings. The van der Waals surface area contributed by atoms with Crippen LogP contribution in [0.1, 0.15) is 38.3 Å². The van der Waals surface area contributed by atoms with Crippen molar-refractivity contribution in [1.82, 2.24) is 10.6 Å². The molecule has 25 heavy (non-hydrogen) atoms. The van der Waals surface area contributed by atoms with Crippen molar-refractivity contribution in [2.45, 2.75) is 32.7 Å². The lowest BCUT2D eigenvalue weighted by Gasteiger charge is -2.28. The fourth-order valence-electron chi connectivity index (χ4n) is 2.63. The Bertz CT molecular complexity index is 684. The summed E-state index contributed by atoms with van der Waals surface area (Å²) in [7, 11) is 2.86. The lowest BCUT2D eigenvalue weighted by molar-refractivity contribution is -0.136. The number of unbranched alkanes of at least 4 members (excludes halogenated alkanes) is 1. The molecular formula is C18H24N2O5. The number of hydrogen-bond acceptors (Lipinski definition) is 5. The minimum Gasteiger partial charge on any atom is -0.493 e. The first kappa shape index (κ1) is 18.6. The quantitative estimate of drug-likeness (QED) is 0.584. The number of methoxy groups -OCH3 is 2. The predicted molar refractivity (Wildman–Crippen MR) is 92.5 cm³/mol. The summed E-state index contributed by atoms with van der Waals surface area (Å²) in [4.78, 5) is 24.0. The van der Waals surface area contributed by atoms with E-state index < -0.39 is 12.0 Å². The largest absolute Gasteiger partial charge is 0.493 e. The zero-order valence-electron chi connectivity index (χ0n) is 15.0. The van der Waals surface area contributed by atoms with Gasteiger partial charge in [-0.1, -0.05) is 19.4 Å². The molecule has 136 valence electrons. The van der Waals surface area contributed by atoms with Crippen molar-refractivity contribution in [3.05, 3.63) is 35.0 Å². The van der Waals surface area contributed by atoms with Gasteiger partial charge >= 0.3 is 12.0 Å². The summed E-state index contributed by atoms with van der Waals surface area (Å²) in [5.41, 5.74) is 1.51. The molecule has 7 nitrogen and oxygen atoms in total. The van der Waals surface area contributed by atoms with Crippen molar-refractivity contribution < 1.29 is 23.8 Å². The smallest absolute Gasteiger partial charge is 0.337 e. The van der Waals surface area contributed by atoms with Crippen molar-refractivity contribution in [3.63, 3.8) is 0 Å². The molecule has 0 spiro atoms. The van der Waals surface area contributed by atoms with Gasteiger partial charge in [0.1, 0.15) is 0 Å². The molecule has 0 fully saturated rings. The summed E-state index contributed by atoms with van der Waals surface area (Å²) in [6.07, 6.45) is 1.98. The van der Waals surface area contributed by atoms with E-state index >= 15 is 0 Å². The Morgan fingerprint density at radius 3 is 2.64 bits per heavy atom. The molecule has 2 rings (SSSR count). The molecule has 0 radical (unpaired) electrons. The summed E-state index contributed by atoms with van der Waals surface area (Å²) in [5, 5.41) is 5.34. The van der Waals surface area contributed by atoms with Crippen molar-refractivity contribution in [2.75, 3.05) is 20.8 Å². The minimum atomic E-state index is -0.625. The van der Waals surface area contributed by atoms with Gasteiger partial charge in [0, 0.05) is 5.70 Å². The van der Waals surface area contributed by atoms with Crippen LogP contribution in [0.5, 0.6) is 11.5 Å². The van der Waals surface area contributed by atoms with Crippen LogP contribution in [0.15, 0.2) is 29.5 Å². The summed E-state index contributed by atoms with van der Waals surface area (Å²) in [6, 6.07) is 4.34. The normalized spacial score (nSPS) is 16.8. The summed E-state index contributed by atoms with van der Waals surface area (Å²) in [6.45, 7) is 4.35. The highest BCUT2D eigenvalue weighted by molar-refractivity contribution is 5.94. The average Bonchev–Trinajstić information content (AvgIpc) is 2.60. The SMILES string of the molecule is CCCCOc1ccc([C@H]2NC(=O)NC(C)=C2C(=O)OC)cc1OC. The van der Waals surface area contributed by atoms with E-state index in [9.17, 15) is 9.59 Å². The lowest BCUT2D eigenvalue weighted by Crippen LogP contribution is -2.45. The molecule has 7 heteroatoms. The standard InChI is InChI=1S/C18H24N2O5/c1-5-6-9-25-13-8-7-12(10-14(13)23-3)16-15(17(21)24-4)11(2)19-18(22)20-16/h7-8,10,16H,5-6,9H2,1-4H3,(H2,19,20,22)/t16-/m1/s1. The van der Waals surface area contributed by atoms with Gasteiger partial charge in [0.2, 0.25) is 0 Å². The number of carbonyl (C=O) groups excluding carboxylic acids is 2. The minimum absolute atomic E-state index is 0.351. The van der Waals surface area contributed by atoms with E-state index in [-0.39, 0.29) is 6.03 Å². The number of urea groups is 1. The summed E-state index contributed by atoms with van der Waals surface area (Å²) in [5.74, 6) is 0.667. The van der Waals surface area contributed by atoms with Crippen LogP contribution in [0.3, 0.4) is 0 Å². The molecular weight excluding hydrogens is 324 g/mol. The van der Waals surface area contributed by atoms with Gasteiger partial charge in [-0.05, 0) is 31.0 Å². The van der Waals surface area contributed by atoms with Crippen LogP contribution < -0.4 is 20.1 Å². The van der Waals surface area contributed by atoms with Crippen LogP contribution >= 0.6 is 0 Å². The zero-order valence-corrected chi connectivity index (χ0v) is 15.0. The third-order valence-electron chi connectivity index (χ3n) is 3.95. The first-order chi connectivity index (χ1) is 12.0. The van der Waals surface area contributed by atoms with Crippen molar-refractivity contribution in [3.8, 4) is 11.5 Å². The highest BCUT2D eigenvalue weighted by Crippen LogP contribution is 2.34. The molecule has 0 aromatic heterocycles. The Hall–Kier alpha value is -2.70. The van der Waals surface area contributed by atoms with E-state index in [1.165, 1.54) is 7.11 Å². The Morgan fingerprint density at radius 2 is 2.00 bits per heavy atom. The molecule has 1 aliphatic heterocycles. The number of nitrogens with one attached hydrogen (secondary N) is 2. The lowest BCUT2D eigenvalue weighted by atomic mass is 9.95. The average molecular weight is 348 g/mol. The van der Waals surface area contributed by atoms with Gasteiger partial charge in [0.25, 0.3) is 0 Å². The fourth-order valence-corrected chi connectivity index (χ4v) is 2.63. The molecule has 1 aromatic carbocycles. The van der Waals surface area contributed by atoms with Crippen LogP contribution in [0.2, 0.25) is 0 Å². The zero-order chi connectivity index (χ0) is 18.4. The van der Waals surface area contributed by atoms with Gasteiger partial charge < -0.3 is 24.8 Å². The molecule has 2 N–H and O–H groups in total. The van der Waals surface area contributed by atoms with E-state index in [1.54, 1.807) is 32.2 Å². The van der Waals surface area contributed by atoms with Gasteiger partial charge in [0.15, 0.2) is 11.5 Å². The van der Waals surface area contributed by atoms with Crippen LogP contribution in [-0.4, -0.2) is 32.8 Å². The van der Waals surface area contributed by atoms with Crippen molar-refractivity contribution >= 4 is 12.0 Å². The number of esters is 1.